The lowest BCUT2D eigenvalue weighted by molar-refractivity contribution is -0.120. The van der Waals surface area contributed by atoms with Crippen molar-refractivity contribution in [3.8, 4) is 0 Å². The summed E-state index contributed by atoms with van der Waals surface area (Å²) in [6.45, 7) is 0.758. The first-order valence-corrected chi connectivity index (χ1v) is 6.99. The van der Waals surface area contributed by atoms with Gasteiger partial charge in [0.2, 0.25) is 0 Å². The number of nitrogens with two attached hydrogens (primary N) is 1. The molecule has 1 aromatic heterocycles. The monoisotopic (exact) mass is 246 g/mol. The minimum absolute atomic E-state index is 0.0655. The maximum atomic E-state index is 12.2. The zero-order chi connectivity index (χ0) is 12.8. The van der Waals surface area contributed by atoms with Gasteiger partial charge in [0.15, 0.2) is 0 Å². The molecule has 1 atom stereocenters. The molecule has 1 aliphatic rings. The molecule has 1 aromatic rings. The van der Waals surface area contributed by atoms with E-state index in [1.807, 2.05) is 6.07 Å². The molecular weight excluding hydrogens is 224 g/mol. The van der Waals surface area contributed by atoms with Crippen molar-refractivity contribution in [3.63, 3.8) is 0 Å². The van der Waals surface area contributed by atoms with Crippen LogP contribution in [0, 0.1) is 0 Å². The molecule has 1 aliphatic carbocycles. The molecule has 0 spiro atoms. The van der Waals surface area contributed by atoms with Gasteiger partial charge in [-0.2, -0.15) is 0 Å². The van der Waals surface area contributed by atoms with Crippen molar-refractivity contribution < 1.29 is 4.79 Å². The number of rotatable bonds is 7. The van der Waals surface area contributed by atoms with E-state index in [1.165, 1.54) is 5.56 Å². The highest BCUT2D eigenvalue weighted by atomic mass is 16.1. The lowest BCUT2D eigenvalue weighted by Crippen LogP contribution is -2.10. The molecule has 0 saturated carbocycles. The minimum Gasteiger partial charge on any atom is -0.330 e. The third-order valence-electron chi connectivity index (χ3n) is 3.72. The number of pyridine rings is 1. The number of aromatic nitrogens is 1. The van der Waals surface area contributed by atoms with Crippen molar-refractivity contribution in [3.05, 3.63) is 29.6 Å². The topological polar surface area (TPSA) is 56.0 Å². The van der Waals surface area contributed by atoms with Crippen molar-refractivity contribution >= 4 is 5.78 Å². The lowest BCUT2D eigenvalue weighted by Gasteiger charge is -2.09. The van der Waals surface area contributed by atoms with Gasteiger partial charge in [0.05, 0.1) is 11.6 Å². The zero-order valence-corrected chi connectivity index (χ0v) is 10.9. The zero-order valence-electron chi connectivity index (χ0n) is 10.9. The Morgan fingerprint density at radius 1 is 1.33 bits per heavy atom. The highest BCUT2D eigenvalue weighted by molar-refractivity contribution is 5.86. The molecule has 0 radical (unpaired) electrons. The second-order valence-corrected chi connectivity index (χ2v) is 5.06. The molecule has 0 amide bonds. The van der Waals surface area contributed by atoms with Crippen LogP contribution in [0.1, 0.15) is 55.7 Å². The summed E-state index contributed by atoms with van der Waals surface area (Å²) < 4.78 is 0. The van der Waals surface area contributed by atoms with Gasteiger partial charge in [0.25, 0.3) is 0 Å². The summed E-state index contributed by atoms with van der Waals surface area (Å²) >= 11 is 0. The van der Waals surface area contributed by atoms with E-state index in [0.717, 1.165) is 50.8 Å². The van der Waals surface area contributed by atoms with Crippen LogP contribution in [0.2, 0.25) is 0 Å². The maximum Gasteiger partial charge on any atom is 0.141 e. The fraction of sp³-hybridized carbons (Fsp3) is 0.600. The molecule has 3 heteroatoms. The number of fused-ring (bicyclic) bond motifs is 1. The number of carbonyl (C=O) groups is 1. The van der Waals surface area contributed by atoms with Crippen LogP contribution in [0.4, 0.5) is 0 Å². The van der Waals surface area contributed by atoms with Crippen molar-refractivity contribution in [1.29, 1.82) is 0 Å². The number of ketones is 1. The van der Waals surface area contributed by atoms with E-state index in [4.69, 9.17) is 5.73 Å². The Hall–Kier alpha value is -1.22. The number of nitrogens with zero attached hydrogens (tertiary/aromatic N) is 1. The van der Waals surface area contributed by atoms with Crippen LogP contribution in [-0.4, -0.2) is 17.3 Å². The second kappa shape index (κ2) is 6.64. The fourth-order valence-electron chi connectivity index (χ4n) is 2.70. The van der Waals surface area contributed by atoms with Crippen LogP contribution < -0.4 is 5.73 Å². The number of Topliss-reactive ketones (excluding diaryl/α,β-unsaturated/α-hetero) is 1. The van der Waals surface area contributed by atoms with Crippen molar-refractivity contribution in [2.45, 2.75) is 50.9 Å². The van der Waals surface area contributed by atoms with Crippen LogP contribution in [-0.2, 0) is 11.2 Å². The van der Waals surface area contributed by atoms with E-state index in [-0.39, 0.29) is 5.92 Å². The van der Waals surface area contributed by atoms with Gasteiger partial charge in [-0.3, -0.25) is 9.78 Å². The third-order valence-corrected chi connectivity index (χ3v) is 3.72. The van der Waals surface area contributed by atoms with Gasteiger partial charge in [-0.1, -0.05) is 18.9 Å². The Balaban J connectivity index is 1.80. The Bertz CT molecular complexity index is 403. The number of hydrogen-bond acceptors (Lipinski definition) is 3. The summed E-state index contributed by atoms with van der Waals surface area (Å²) in [6.07, 6.45) is 8.78. The Morgan fingerprint density at radius 2 is 2.17 bits per heavy atom. The van der Waals surface area contributed by atoms with Gasteiger partial charge in [0.1, 0.15) is 5.78 Å². The first-order valence-electron chi connectivity index (χ1n) is 6.99. The van der Waals surface area contributed by atoms with Gasteiger partial charge in [0, 0.05) is 12.6 Å². The Kier molecular flexibility index (Phi) is 4.88. The Morgan fingerprint density at radius 3 is 3.00 bits per heavy atom. The SMILES string of the molecule is NCCCCCCC(=O)C1CCc2cccnc21. The summed E-state index contributed by atoms with van der Waals surface area (Å²) in [5.41, 5.74) is 7.74. The summed E-state index contributed by atoms with van der Waals surface area (Å²) in [5, 5.41) is 0. The standard InChI is InChI=1S/C15H22N2O/c16-10-4-2-1-3-7-14(18)13-9-8-12-6-5-11-17-15(12)13/h5-6,11,13H,1-4,7-10,16H2. The molecule has 0 aromatic carbocycles. The molecular formula is C15H22N2O. The Labute approximate surface area is 109 Å². The molecule has 0 fully saturated rings. The van der Waals surface area contributed by atoms with Crippen LogP contribution in [0.15, 0.2) is 18.3 Å². The average Bonchev–Trinajstić information content (AvgIpc) is 2.82. The summed E-state index contributed by atoms with van der Waals surface area (Å²) in [7, 11) is 0. The highest BCUT2D eigenvalue weighted by Crippen LogP contribution is 2.32. The normalized spacial score (nSPS) is 17.7. The largest absolute Gasteiger partial charge is 0.330 e. The van der Waals surface area contributed by atoms with E-state index >= 15 is 0 Å². The average molecular weight is 246 g/mol. The first kappa shape index (κ1) is 13.2. The number of carbonyl (C=O) groups excluding carboxylic acids is 1. The van der Waals surface area contributed by atoms with Crippen LogP contribution in [0.25, 0.3) is 0 Å². The molecule has 98 valence electrons. The minimum atomic E-state index is 0.0655. The molecule has 1 unspecified atom stereocenters. The van der Waals surface area contributed by atoms with Crippen molar-refractivity contribution in [2.24, 2.45) is 5.73 Å². The highest BCUT2D eigenvalue weighted by Gasteiger charge is 2.28. The predicted octanol–water partition coefficient (Wildman–Crippen LogP) is 2.59. The molecule has 0 aliphatic heterocycles. The van der Waals surface area contributed by atoms with Crippen LogP contribution >= 0.6 is 0 Å². The number of hydrogen-bond donors (Lipinski definition) is 1. The summed E-state index contributed by atoms with van der Waals surface area (Å²) in [6, 6.07) is 4.05. The van der Waals surface area contributed by atoms with Crippen LogP contribution in [0.3, 0.4) is 0 Å². The van der Waals surface area contributed by atoms with Gasteiger partial charge in [-0.15, -0.1) is 0 Å². The molecule has 0 saturated heterocycles. The van der Waals surface area contributed by atoms with Gasteiger partial charge in [-0.25, -0.2) is 0 Å². The molecule has 2 N–H and O–H groups in total. The molecule has 0 bridgehead atoms. The fourth-order valence-corrected chi connectivity index (χ4v) is 2.70. The molecule has 1 heterocycles. The molecule has 3 nitrogen and oxygen atoms in total. The molecule has 2 rings (SSSR count). The summed E-state index contributed by atoms with van der Waals surface area (Å²) in [5.74, 6) is 0.441. The first-order chi connectivity index (χ1) is 8.83. The van der Waals surface area contributed by atoms with E-state index in [2.05, 4.69) is 11.1 Å². The van der Waals surface area contributed by atoms with Crippen molar-refractivity contribution in [2.75, 3.05) is 6.54 Å². The maximum absolute atomic E-state index is 12.2. The summed E-state index contributed by atoms with van der Waals surface area (Å²) in [4.78, 5) is 16.6. The van der Waals surface area contributed by atoms with E-state index < -0.39 is 0 Å². The smallest absolute Gasteiger partial charge is 0.141 e. The second-order valence-electron chi connectivity index (χ2n) is 5.06. The quantitative estimate of drug-likeness (QED) is 0.752. The number of aryl methyl sites for hydroxylation is 1. The van der Waals surface area contributed by atoms with E-state index in [9.17, 15) is 4.79 Å². The lowest BCUT2D eigenvalue weighted by atomic mass is 9.96. The number of unbranched alkanes of at least 4 members (excludes halogenated alkanes) is 3. The third kappa shape index (κ3) is 3.16. The predicted molar refractivity (Wildman–Crippen MR) is 72.4 cm³/mol. The van der Waals surface area contributed by atoms with Crippen LogP contribution in [0.5, 0.6) is 0 Å². The van der Waals surface area contributed by atoms with Gasteiger partial charge >= 0.3 is 0 Å². The van der Waals surface area contributed by atoms with E-state index in [0.29, 0.717) is 12.2 Å². The van der Waals surface area contributed by atoms with E-state index in [1.54, 1.807) is 6.20 Å². The van der Waals surface area contributed by atoms with Gasteiger partial charge < -0.3 is 5.73 Å². The van der Waals surface area contributed by atoms with Gasteiger partial charge in [-0.05, 0) is 43.9 Å². The molecule has 18 heavy (non-hydrogen) atoms. The van der Waals surface area contributed by atoms with Crippen molar-refractivity contribution in [1.82, 2.24) is 4.98 Å².